The largest absolute Gasteiger partial charge is 0.723 e. The average molecular weight is 137 g/mol. The van der Waals surface area contributed by atoms with Gasteiger partial charge in [0.25, 0.3) is 0 Å². The molecule has 10 heavy (non-hydrogen) atoms. The molecule has 0 heterocycles. The van der Waals surface area contributed by atoms with E-state index in [2.05, 4.69) is 4.89 Å². The van der Waals surface area contributed by atoms with E-state index in [1.807, 2.05) is 30.3 Å². The second-order valence-electron chi connectivity index (χ2n) is 2.15. The molecule has 2 nitrogen and oxygen atoms in total. The van der Waals surface area contributed by atoms with Gasteiger partial charge in [-0.05, 0) is 12.5 Å². The highest BCUT2D eigenvalue weighted by molar-refractivity contribution is 5.16. The molecular formula is C8H9O2-. The Morgan fingerprint density at radius 3 is 2.40 bits per heavy atom. The third kappa shape index (κ3) is 1.56. The van der Waals surface area contributed by atoms with Crippen molar-refractivity contribution in [3.63, 3.8) is 0 Å². The molecule has 0 N–H and O–H groups in total. The van der Waals surface area contributed by atoms with Crippen LogP contribution in [0.5, 0.6) is 0 Å². The smallest absolute Gasteiger partial charge is 0.0672 e. The van der Waals surface area contributed by atoms with Crippen molar-refractivity contribution in [2.75, 3.05) is 0 Å². The Morgan fingerprint density at radius 2 is 1.90 bits per heavy atom. The summed E-state index contributed by atoms with van der Waals surface area (Å²) in [7, 11) is 0. The van der Waals surface area contributed by atoms with Crippen LogP contribution >= 0.6 is 0 Å². The van der Waals surface area contributed by atoms with Gasteiger partial charge in [0.15, 0.2) is 0 Å². The highest BCUT2D eigenvalue weighted by Gasteiger charge is 1.97. The van der Waals surface area contributed by atoms with Crippen LogP contribution in [-0.2, 0) is 4.89 Å². The molecule has 1 rings (SSSR count). The first-order valence-corrected chi connectivity index (χ1v) is 3.18. The summed E-state index contributed by atoms with van der Waals surface area (Å²) in [6.45, 7) is 1.72. The average Bonchev–Trinajstić information content (AvgIpc) is 2.05. The fraction of sp³-hybridized carbons (Fsp3) is 0.250. The van der Waals surface area contributed by atoms with Crippen LogP contribution in [0.15, 0.2) is 30.3 Å². The van der Waals surface area contributed by atoms with Crippen molar-refractivity contribution in [1.29, 1.82) is 0 Å². The molecule has 0 amide bonds. The van der Waals surface area contributed by atoms with E-state index in [0.717, 1.165) is 5.56 Å². The van der Waals surface area contributed by atoms with Gasteiger partial charge in [0, 0.05) is 0 Å². The minimum absolute atomic E-state index is 0.346. The van der Waals surface area contributed by atoms with Crippen LogP contribution in [0.2, 0.25) is 0 Å². The number of benzene rings is 1. The van der Waals surface area contributed by atoms with Crippen LogP contribution in [0.25, 0.3) is 0 Å². The molecule has 0 radical (unpaired) electrons. The van der Waals surface area contributed by atoms with Crippen molar-refractivity contribution in [2.24, 2.45) is 0 Å². The number of rotatable bonds is 2. The fourth-order valence-electron chi connectivity index (χ4n) is 0.780. The lowest BCUT2D eigenvalue weighted by atomic mass is 10.1. The summed E-state index contributed by atoms with van der Waals surface area (Å²) in [5.41, 5.74) is 0.914. The quantitative estimate of drug-likeness (QED) is 0.450. The van der Waals surface area contributed by atoms with Gasteiger partial charge in [0.2, 0.25) is 0 Å². The lowest BCUT2D eigenvalue weighted by Crippen LogP contribution is -2.09. The molecule has 0 saturated carbocycles. The maximum absolute atomic E-state index is 9.93. The van der Waals surface area contributed by atoms with E-state index in [1.165, 1.54) is 0 Å². The lowest BCUT2D eigenvalue weighted by molar-refractivity contribution is -0.704. The second-order valence-corrected chi connectivity index (χ2v) is 2.15. The van der Waals surface area contributed by atoms with E-state index in [9.17, 15) is 5.26 Å². The lowest BCUT2D eigenvalue weighted by Gasteiger charge is -2.15. The van der Waals surface area contributed by atoms with Gasteiger partial charge in [-0.1, -0.05) is 30.3 Å². The molecule has 1 atom stereocenters. The Morgan fingerprint density at radius 1 is 1.30 bits per heavy atom. The Kier molecular flexibility index (Phi) is 2.42. The third-order valence-corrected chi connectivity index (χ3v) is 1.41. The Hall–Kier alpha value is -0.860. The Labute approximate surface area is 60.0 Å². The fourth-order valence-corrected chi connectivity index (χ4v) is 0.780. The minimum Gasteiger partial charge on any atom is -0.723 e. The van der Waals surface area contributed by atoms with Gasteiger partial charge in [-0.3, -0.25) is 0 Å². The van der Waals surface area contributed by atoms with Crippen LogP contribution in [0, 0.1) is 0 Å². The summed E-state index contributed by atoms with van der Waals surface area (Å²) < 4.78 is 0. The van der Waals surface area contributed by atoms with Gasteiger partial charge in [-0.2, -0.15) is 0 Å². The van der Waals surface area contributed by atoms with E-state index in [0.29, 0.717) is 0 Å². The van der Waals surface area contributed by atoms with Crippen LogP contribution in [0.1, 0.15) is 18.6 Å². The molecule has 0 aliphatic rings. The molecule has 1 aromatic rings. The maximum Gasteiger partial charge on any atom is 0.0672 e. The molecule has 0 spiro atoms. The Balaban J connectivity index is 2.75. The highest BCUT2D eigenvalue weighted by Crippen LogP contribution is 2.12. The number of hydrogen-bond acceptors (Lipinski definition) is 2. The van der Waals surface area contributed by atoms with Gasteiger partial charge in [-0.15, -0.1) is 0 Å². The molecule has 0 aromatic heterocycles. The van der Waals surface area contributed by atoms with Gasteiger partial charge in [-0.25, -0.2) is 0 Å². The number of hydrogen-bond donors (Lipinski definition) is 0. The summed E-state index contributed by atoms with van der Waals surface area (Å²) in [6.07, 6.45) is -0.346. The zero-order valence-electron chi connectivity index (χ0n) is 5.78. The van der Waals surface area contributed by atoms with Gasteiger partial charge >= 0.3 is 0 Å². The molecule has 0 fully saturated rings. The van der Waals surface area contributed by atoms with Gasteiger partial charge in [0.1, 0.15) is 0 Å². The second kappa shape index (κ2) is 3.34. The minimum atomic E-state index is -0.346. The first-order chi connectivity index (χ1) is 4.84. The molecule has 1 aromatic carbocycles. The van der Waals surface area contributed by atoms with Crippen molar-refractivity contribution < 1.29 is 10.1 Å². The van der Waals surface area contributed by atoms with Crippen LogP contribution in [0.4, 0.5) is 0 Å². The molecule has 1 unspecified atom stereocenters. The summed E-state index contributed by atoms with van der Waals surface area (Å²) in [5.74, 6) is 0. The van der Waals surface area contributed by atoms with E-state index in [-0.39, 0.29) is 6.10 Å². The molecule has 2 heteroatoms. The summed E-state index contributed by atoms with van der Waals surface area (Å²) >= 11 is 0. The first kappa shape index (κ1) is 7.25. The van der Waals surface area contributed by atoms with Crippen molar-refractivity contribution in [1.82, 2.24) is 0 Å². The van der Waals surface area contributed by atoms with Gasteiger partial charge < -0.3 is 10.1 Å². The SMILES string of the molecule is CC(O[O-])c1ccccc1. The molecule has 0 saturated heterocycles. The zero-order chi connectivity index (χ0) is 7.40. The molecule has 54 valence electrons. The monoisotopic (exact) mass is 137 g/mol. The topological polar surface area (TPSA) is 32.3 Å². The van der Waals surface area contributed by atoms with E-state index in [1.54, 1.807) is 6.92 Å². The summed E-state index contributed by atoms with van der Waals surface area (Å²) in [6, 6.07) is 9.39. The normalized spacial score (nSPS) is 13.0. The standard InChI is InChI=1S/C8H10O2/c1-7(10-9)8-5-3-2-4-6-8/h2-7,9H,1H3/p-1. The summed E-state index contributed by atoms with van der Waals surface area (Å²) in [5, 5.41) is 9.93. The third-order valence-electron chi connectivity index (χ3n) is 1.41. The van der Waals surface area contributed by atoms with Crippen LogP contribution in [-0.4, -0.2) is 0 Å². The molecular weight excluding hydrogens is 128 g/mol. The predicted molar refractivity (Wildman–Crippen MR) is 35.9 cm³/mol. The van der Waals surface area contributed by atoms with Crippen LogP contribution in [0.3, 0.4) is 0 Å². The van der Waals surface area contributed by atoms with E-state index >= 15 is 0 Å². The maximum atomic E-state index is 9.93. The molecule has 0 aliphatic carbocycles. The first-order valence-electron chi connectivity index (χ1n) is 3.18. The molecule has 0 aliphatic heterocycles. The van der Waals surface area contributed by atoms with Crippen molar-refractivity contribution >= 4 is 0 Å². The van der Waals surface area contributed by atoms with Crippen LogP contribution < -0.4 is 5.26 Å². The van der Waals surface area contributed by atoms with E-state index in [4.69, 9.17) is 0 Å². The van der Waals surface area contributed by atoms with Crippen molar-refractivity contribution in [3.8, 4) is 0 Å². The predicted octanol–water partition coefficient (Wildman–Crippen LogP) is 1.04. The zero-order valence-corrected chi connectivity index (χ0v) is 5.78. The molecule has 0 bridgehead atoms. The Bertz CT molecular complexity index is 184. The van der Waals surface area contributed by atoms with Gasteiger partial charge in [0.05, 0.1) is 6.10 Å². The van der Waals surface area contributed by atoms with Crippen molar-refractivity contribution in [2.45, 2.75) is 13.0 Å². The van der Waals surface area contributed by atoms with E-state index < -0.39 is 0 Å². The van der Waals surface area contributed by atoms with Crippen molar-refractivity contribution in [3.05, 3.63) is 35.9 Å². The summed E-state index contributed by atoms with van der Waals surface area (Å²) in [4.78, 5) is 3.89. The highest BCUT2D eigenvalue weighted by atomic mass is 17.1.